The van der Waals surface area contributed by atoms with Crippen molar-refractivity contribution in [1.82, 2.24) is 5.32 Å². The minimum Gasteiger partial charge on any atom is -0.493 e. The quantitative estimate of drug-likeness (QED) is 0.750. The predicted molar refractivity (Wildman–Crippen MR) is 87.7 cm³/mol. The second-order valence-corrected chi connectivity index (χ2v) is 6.87. The van der Waals surface area contributed by atoms with Crippen molar-refractivity contribution in [3.05, 3.63) is 29.3 Å². The van der Waals surface area contributed by atoms with Gasteiger partial charge in [0.15, 0.2) is 0 Å². The molecule has 1 rings (SSSR count). The third-order valence-corrected chi connectivity index (χ3v) is 3.39. The molecule has 1 aromatic carbocycles. The van der Waals surface area contributed by atoms with Gasteiger partial charge in [0.2, 0.25) is 0 Å². The van der Waals surface area contributed by atoms with Crippen LogP contribution < -0.4 is 10.1 Å². The van der Waals surface area contributed by atoms with Crippen LogP contribution in [0, 0.1) is 12.8 Å². The van der Waals surface area contributed by atoms with E-state index in [1.807, 2.05) is 0 Å². The highest BCUT2D eigenvalue weighted by Gasteiger charge is 2.19. The van der Waals surface area contributed by atoms with Gasteiger partial charge in [0.25, 0.3) is 0 Å². The van der Waals surface area contributed by atoms with Gasteiger partial charge in [0, 0.05) is 12.5 Å². The van der Waals surface area contributed by atoms with Crippen molar-refractivity contribution in [1.29, 1.82) is 0 Å². The average molecular weight is 277 g/mol. The van der Waals surface area contributed by atoms with E-state index in [2.05, 4.69) is 65.1 Å². The van der Waals surface area contributed by atoms with Crippen molar-refractivity contribution >= 4 is 0 Å². The summed E-state index contributed by atoms with van der Waals surface area (Å²) in [6.45, 7) is 16.1. The second kappa shape index (κ2) is 7.68. The summed E-state index contributed by atoms with van der Waals surface area (Å²) in [5.41, 5.74) is 2.66. The van der Waals surface area contributed by atoms with Gasteiger partial charge in [-0.3, -0.25) is 0 Å². The van der Waals surface area contributed by atoms with Crippen LogP contribution in [-0.2, 0) is 5.41 Å². The molecule has 0 heterocycles. The van der Waals surface area contributed by atoms with Crippen molar-refractivity contribution in [2.75, 3.05) is 19.7 Å². The summed E-state index contributed by atoms with van der Waals surface area (Å²) in [5, 5.41) is 3.45. The predicted octanol–water partition coefficient (Wildman–Crippen LogP) is 4.31. The Hall–Kier alpha value is -1.02. The highest BCUT2D eigenvalue weighted by atomic mass is 16.5. The van der Waals surface area contributed by atoms with Crippen LogP contribution in [0.4, 0.5) is 0 Å². The average Bonchev–Trinajstić information content (AvgIpc) is 2.35. The van der Waals surface area contributed by atoms with Crippen LogP contribution in [0.1, 0.15) is 52.2 Å². The lowest BCUT2D eigenvalue weighted by molar-refractivity contribution is 0.250. The van der Waals surface area contributed by atoms with Crippen molar-refractivity contribution in [2.24, 2.45) is 5.92 Å². The number of rotatable bonds is 7. The van der Waals surface area contributed by atoms with Gasteiger partial charge in [-0.1, -0.05) is 46.8 Å². The summed E-state index contributed by atoms with van der Waals surface area (Å²) < 4.78 is 6.10. The Morgan fingerprint density at radius 1 is 1.25 bits per heavy atom. The first-order chi connectivity index (χ1) is 9.34. The fraction of sp³-hybridized carbons (Fsp3) is 0.667. The molecule has 1 aromatic rings. The van der Waals surface area contributed by atoms with Gasteiger partial charge < -0.3 is 10.1 Å². The maximum atomic E-state index is 6.10. The number of benzene rings is 1. The van der Waals surface area contributed by atoms with Gasteiger partial charge in [-0.05, 0) is 42.5 Å². The standard InChI is InChI=1S/C18H31NO/c1-7-10-19-12-15(3)13-20-17-11-14(2)8-9-16(17)18(4,5)6/h8-9,11,15,19H,7,10,12-13H2,1-6H3. The van der Waals surface area contributed by atoms with E-state index in [1.165, 1.54) is 17.5 Å². The SMILES string of the molecule is CCCNCC(C)COc1cc(C)ccc1C(C)(C)C. The van der Waals surface area contributed by atoms with Gasteiger partial charge >= 0.3 is 0 Å². The van der Waals surface area contributed by atoms with Gasteiger partial charge in [-0.2, -0.15) is 0 Å². The van der Waals surface area contributed by atoms with E-state index in [0.717, 1.165) is 25.4 Å². The lowest BCUT2D eigenvalue weighted by Crippen LogP contribution is -2.26. The van der Waals surface area contributed by atoms with E-state index >= 15 is 0 Å². The number of hydrogen-bond donors (Lipinski definition) is 1. The normalized spacial score (nSPS) is 13.3. The number of hydrogen-bond acceptors (Lipinski definition) is 2. The first kappa shape index (κ1) is 17.0. The highest BCUT2D eigenvalue weighted by Crippen LogP contribution is 2.32. The molecule has 0 spiro atoms. The summed E-state index contributed by atoms with van der Waals surface area (Å²) in [4.78, 5) is 0. The third-order valence-electron chi connectivity index (χ3n) is 3.39. The molecule has 0 aromatic heterocycles. The van der Waals surface area contributed by atoms with Crippen molar-refractivity contribution in [2.45, 2.75) is 53.4 Å². The Balaban J connectivity index is 2.65. The smallest absolute Gasteiger partial charge is 0.123 e. The number of aryl methyl sites for hydroxylation is 1. The fourth-order valence-corrected chi connectivity index (χ4v) is 2.18. The molecule has 2 heteroatoms. The molecule has 2 nitrogen and oxygen atoms in total. The van der Waals surface area contributed by atoms with E-state index in [-0.39, 0.29) is 5.41 Å². The Bertz CT molecular complexity index is 406. The molecule has 0 amide bonds. The summed E-state index contributed by atoms with van der Waals surface area (Å²) in [7, 11) is 0. The lowest BCUT2D eigenvalue weighted by atomic mass is 9.86. The van der Waals surface area contributed by atoms with Gasteiger partial charge in [0.05, 0.1) is 6.61 Å². The molecule has 20 heavy (non-hydrogen) atoms. The first-order valence-electron chi connectivity index (χ1n) is 7.79. The largest absolute Gasteiger partial charge is 0.493 e. The maximum Gasteiger partial charge on any atom is 0.123 e. The zero-order valence-electron chi connectivity index (χ0n) is 14.0. The van der Waals surface area contributed by atoms with Crippen LogP contribution in [0.2, 0.25) is 0 Å². The van der Waals surface area contributed by atoms with Gasteiger partial charge in [0.1, 0.15) is 5.75 Å². The Morgan fingerprint density at radius 2 is 1.95 bits per heavy atom. The molecule has 114 valence electrons. The minimum atomic E-state index is 0.118. The molecule has 0 aliphatic heterocycles. The Morgan fingerprint density at radius 3 is 2.55 bits per heavy atom. The number of nitrogens with one attached hydrogen (secondary N) is 1. The summed E-state index contributed by atoms with van der Waals surface area (Å²) in [6, 6.07) is 6.52. The molecular weight excluding hydrogens is 246 g/mol. The Kier molecular flexibility index (Phi) is 6.54. The topological polar surface area (TPSA) is 21.3 Å². The maximum absolute atomic E-state index is 6.10. The molecule has 0 fully saturated rings. The molecule has 0 radical (unpaired) electrons. The van der Waals surface area contributed by atoms with Crippen molar-refractivity contribution < 1.29 is 4.74 Å². The molecule has 0 saturated heterocycles. The monoisotopic (exact) mass is 277 g/mol. The Labute approximate surface area is 124 Å². The second-order valence-electron chi connectivity index (χ2n) is 6.87. The van der Waals surface area contributed by atoms with E-state index in [4.69, 9.17) is 4.74 Å². The molecule has 1 atom stereocenters. The van der Waals surface area contributed by atoms with E-state index in [1.54, 1.807) is 0 Å². The molecule has 0 bridgehead atoms. The van der Waals surface area contributed by atoms with Crippen LogP contribution in [0.25, 0.3) is 0 Å². The van der Waals surface area contributed by atoms with E-state index < -0.39 is 0 Å². The molecule has 0 aliphatic carbocycles. The molecule has 0 saturated carbocycles. The van der Waals surface area contributed by atoms with E-state index in [9.17, 15) is 0 Å². The minimum absolute atomic E-state index is 0.118. The summed E-state index contributed by atoms with van der Waals surface area (Å²) in [6.07, 6.45) is 1.18. The molecule has 1 N–H and O–H groups in total. The van der Waals surface area contributed by atoms with Crippen molar-refractivity contribution in [3.8, 4) is 5.75 Å². The molecule has 0 aliphatic rings. The summed E-state index contributed by atoms with van der Waals surface area (Å²) in [5.74, 6) is 1.56. The molecular formula is C18H31NO. The first-order valence-corrected chi connectivity index (χ1v) is 7.79. The van der Waals surface area contributed by atoms with Crippen LogP contribution in [-0.4, -0.2) is 19.7 Å². The highest BCUT2D eigenvalue weighted by molar-refractivity contribution is 5.41. The number of ether oxygens (including phenoxy) is 1. The van der Waals surface area contributed by atoms with Crippen LogP contribution >= 0.6 is 0 Å². The van der Waals surface area contributed by atoms with Crippen LogP contribution in [0.3, 0.4) is 0 Å². The van der Waals surface area contributed by atoms with Crippen LogP contribution in [0.15, 0.2) is 18.2 Å². The third kappa shape index (κ3) is 5.54. The van der Waals surface area contributed by atoms with Crippen LogP contribution in [0.5, 0.6) is 5.75 Å². The summed E-state index contributed by atoms with van der Waals surface area (Å²) >= 11 is 0. The van der Waals surface area contributed by atoms with Gasteiger partial charge in [-0.25, -0.2) is 0 Å². The zero-order chi connectivity index (χ0) is 15.2. The fourth-order valence-electron chi connectivity index (χ4n) is 2.18. The lowest BCUT2D eigenvalue weighted by Gasteiger charge is -2.24. The van der Waals surface area contributed by atoms with Gasteiger partial charge in [-0.15, -0.1) is 0 Å². The van der Waals surface area contributed by atoms with Crippen molar-refractivity contribution in [3.63, 3.8) is 0 Å². The zero-order valence-corrected chi connectivity index (χ0v) is 14.0. The molecule has 1 unspecified atom stereocenters. The van der Waals surface area contributed by atoms with E-state index in [0.29, 0.717) is 5.92 Å².